The van der Waals surface area contributed by atoms with Crippen LogP contribution in [0.25, 0.3) is 22.4 Å². The molecule has 0 atom stereocenters. The summed E-state index contributed by atoms with van der Waals surface area (Å²) in [5, 5.41) is 10.1. The third kappa shape index (κ3) is 2.62. The van der Waals surface area contributed by atoms with E-state index in [2.05, 4.69) is 29.6 Å². The molecule has 0 amide bonds. The molecule has 0 saturated heterocycles. The Hall–Kier alpha value is -2.33. The molecule has 1 N–H and O–H groups in total. The zero-order valence-corrected chi connectivity index (χ0v) is 12.3. The molecule has 0 aliphatic rings. The van der Waals surface area contributed by atoms with Crippen molar-refractivity contribution in [2.45, 2.75) is 6.54 Å². The fraction of sp³-hybridized carbons (Fsp3) is 0.235. The van der Waals surface area contributed by atoms with Crippen LogP contribution < -0.4 is 0 Å². The Labute approximate surface area is 124 Å². The average molecular weight is 281 g/mol. The van der Waals surface area contributed by atoms with Crippen LogP contribution in [0.4, 0.5) is 0 Å². The lowest BCUT2D eigenvalue weighted by atomic mass is 10.2. The monoisotopic (exact) mass is 281 g/mol. The van der Waals surface area contributed by atoms with Crippen LogP contribution in [0.5, 0.6) is 5.75 Å². The maximum atomic E-state index is 10.1. The van der Waals surface area contributed by atoms with Crippen molar-refractivity contribution in [3.8, 4) is 17.1 Å². The number of aromatic hydroxyl groups is 1. The second-order valence-electron chi connectivity index (χ2n) is 5.40. The van der Waals surface area contributed by atoms with E-state index in [1.54, 1.807) is 6.07 Å². The molecule has 0 unspecified atom stereocenters. The van der Waals surface area contributed by atoms with Gasteiger partial charge in [0.15, 0.2) is 0 Å². The molecular formula is C17H19N3O. The number of fused-ring (bicyclic) bond motifs is 1. The van der Waals surface area contributed by atoms with E-state index >= 15 is 0 Å². The summed E-state index contributed by atoms with van der Waals surface area (Å²) in [6.07, 6.45) is 0. The van der Waals surface area contributed by atoms with Crippen LogP contribution in [0.1, 0.15) is 0 Å². The molecule has 108 valence electrons. The Morgan fingerprint density at radius 1 is 1.05 bits per heavy atom. The molecular weight excluding hydrogens is 262 g/mol. The summed E-state index contributed by atoms with van der Waals surface area (Å²) in [6, 6.07) is 15.4. The number of phenols is 1. The van der Waals surface area contributed by atoms with Crippen LogP contribution in [0.15, 0.2) is 48.5 Å². The van der Waals surface area contributed by atoms with Crippen LogP contribution in [0, 0.1) is 0 Å². The zero-order valence-electron chi connectivity index (χ0n) is 12.3. The third-order valence-electron chi connectivity index (χ3n) is 3.57. The number of likely N-dealkylation sites (N-methyl/N-ethyl adjacent to an activating group) is 1. The number of aromatic nitrogens is 2. The Morgan fingerprint density at radius 3 is 2.52 bits per heavy atom. The van der Waals surface area contributed by atoms with Crippen molar-refractivity contribution in [1.29, 1.82) is 0 Å². The number of hydrogen-bond donors (Lipinski definition) is 1. The number of nitrogens with zero attached hydrogens (tertiary/aromatic N) is 3. The maximum Gasteiger partial charge on any atom is 0.144 e. The molecule has 0 saturated carbocycles. The normalized spacial score (nSPS) is 11.4. The number of rotatable bonds is 4. The minimum absolute atomic E-state index is 0.263. The minimum Gasteiger partial charge on any atom is -0.507 e. The van der Waals surface area contributed by atoms with Crippen LogP contribution >= 0.6 is 0 Å². The lowest BCUT2D eigenvalue weighted by molar-refractivity contribution is 0.387. The Balaban J connectivity index is 2.17. The largest absolute Gasteiger partial charge is 0.507 e. The quantitative estimate of drug-likeness (QED) is 0.799. The lowest BCUT2D eigenvalue weighted by Gasteiger charge is -2.14. The smallest absolute Gasteiger partial charge is 0.144 e. The van der Waals surface area contributed by atoms with Gasteiger partial charge in [0.1, 0.15) is 11.6 Å². The first-order chi connectivity index (χ1) is 10.2. The van der Waals surface area contributed by atoms with Gasteiger partial charge >= 0.3 is 0 Å². The first kappa shape index (κ1) is 13.6. The van der Waals surface area contributed by atoms with E-state index in [-0.39, 0.29) is 5.75 Å². The molecule has 3 aromatic rings. The second kappa shape index (κ2) is 5.58. The number of phenolic OH excluding ortho intramolecular Hbond substituents is 1. The molecule has 21 heavy (non-hydrogen) atoms. The van der Waals surface area contributed by atoms with E-state index < -0.39 is 0 Å². The van der Waals surface area contributed by atoms with Gasteiger partial charge in [-0.25, -0.2) is 4.98 Å². The summed E-state index contributed by atoms with van der Waals surface area (Å²) in [4.78, 5) is 6.85. The fourth-order valence-electron chi connectivity index (χ4n) is 2.47. The Kier molecular flexibility index (Phi) is 3.62. The van der Waals surface area contributed by atoms with Gasteiger partial charge in [0, 0.05) is 13.1 Å². The number of para-hydroxylation sites is 3. The van der Waals surface area contributed by atoms with Crippen molar-refractivity contribution in [3.63, 3.8) is 0 Å². The summed E-state index contributed by atoms with van der Waals surface area (Å²) in [5.74, 6) is 1.08. The minimum atomic E-state index is 0.263. The molecule has 1 aromatic heterocycles. The topological polar surface area (TPSA) is 41.3 Å². The van der Waals surface area contributed by atoms with Crippen LogP contribution in [-0.2, 0) is 6.54 Å². The maximum absolute atomic E-state index is 10.1. The predicted molar refractivity (Wildman–Crippen MR) is 85.4 cm³/mol. The second-order valence-corrected chi connectivity index (χ2v) is 5.40. The summed E-state index contributed by atoms with van der Waals surface area (Å²) in [7, 11) is 4.11. The van der Waals surface area contributed by atoms with Crippen LogP contribution in [0.2, 0.25) is 0 Å². The molecule has 0 aliphatic carbocycles. The summed E-state index contributed by atoms with van der Waals surface area (Å²) in [6.45, 7) is 1.75. The van der Waals surface area contributed by atoms with Crippen molar-refractivity contribution in [1.82, 2.24) is 14.5 Å². The summed E-state index contributed by atoms with van der Waals surface area (Å²) < 4.78 is 2.17. The van der Waals surface area contributed by atoms with Gasteiger partial charge in [0.25, 0.3) is 0 Å². The van der Waals surface area contributed by atoms with Gasteiger partial charge in [-0.1, -0.05) is 24.3 Å². The van der Waals surface area contributed by atoms with E-state index in [0.717, 1.165) is 35.5 Å². The molecule has 1 heterocycles. The van der Waals surface area contributed by atoms with Crippen LogP contribution in [0.3, 0.4) is 0 Å². The lowest BCUT2D eigenvalue weighted by Crippen LogP contribution is -2.18. The van der Waals surface area contributed by atoms with Crippen molar-refractivity contribution >= 4 is 11.0 Å². The molecule has 0 aliphatic heterocycles. The van der Waals surface area contributed by atoms with Gasteiger partial charge in [-0.2, -0.15) is 0 Å². The highest BCUT2D eigenvalue weighted by Crippen LogP contribution is 2.30. The van der Waals surface area contributed by atoms with Gasteiger partial charge in [0.05, 0.1) is 16.6 Å². The Bertz CT molecular complexity index is 762. The van der Waals surface area contributed by atoms with E-state index in [4.69, 9.17) is 4.98 Å². The first-order valence-electron chi connectivity index (χ1n) is 7.05. The van der Waals surface area contributed by atoms with E-state index in [0.29, 0.717) is 0 Å². The van der Waals surface area contributed by atoms with E-state index in [1.165, 1.54) is 0 Å². The first-order valence-corrected chi connectivity index (χ1v) is 7.05. The van der Waals surface area contributed by atoms with Crippen LogP contribution in [-0.4, -0.2) is 40.2 Å². The van der Waals surface area contributed by atoms with Gasteiger partial charge in [0.2, 0.25) is 0 Å². The Morgan fingerprint density at radius 2 is 1.76 bits per heavy atom. The highest BCUT2D eigenvalue weighted by atomic mass is 16.3. The zero-order chi connectivity index (χ0) is 14.8. The molecule has 0 bridgehead atoms. The molecule has 3 rings (SSSR count). The molecule has 4 heteroatoms. The average Bonchev–Trinajstić information content (AvgIpc) is 2.84. The number of imidazole rings is 1. The molecule has 0 radical (unpaired) electrons. The molecule has 0 spiro atoms. The van der Waals surface area contributed by atoms with Crippen molar-refractivity contribution in [2.24, 2.45) is 0 Å². The van der Waals surface area contributed by atoms with Crippen molar-refractivity contribution in [2.75, 3.05) is 20.6 Å². The predicted octanol–water partition coefficient (Wildman–Crippen LogP) is 2.97. The molecule has 4 nitrogen and oxygen atoms in total. The number of benzene rings is 2. The van der Waals surface area contributed by atoms with Crippen molar-refractivity contribution in [3.05, 3.63) is 48.5 Å². The third-order valence-corrected chi connectivity index (χ3v) is 3.57. The summed E-state index contributed by atoms with van der Waals surface area (Å²) in [5.41, 5.74) is 2.82. The fourth-order valence-corrected chi connectivity index (χ4v) is 2.47. The SMILES string of the molecule is CN(C)CCn1c(-c2ccccc2O)nc2ccccc21. The van der Waals surface area contributed by atoms with Gasteiger partial charge in [-0.15, -0.1) is 0 Å². The van der Waals surface area contributed by atoms with Gasteiger partial charge in [-0.05, 0) is 38.4 Å². The van der Waals surface area contributed by atoms with E-state index in [1.807, 2.05) is 36.4 Å². The van der Waals surface area contributed by atoms with E-state index in [9.17, 15) is 5.11 Å². The standard InChI is InChI=1S/C17H19N3O/c1-19(2)11-12-20-15-9-5-4-8-14(15)18-17(20)13-7-3-6-10-16(13)21/h3-10,21H,11-12H2,1-2H3. The molecule has 0 fully saturated rings. The molecule has 2 aromatic carbocycles. The van der Waals surface area contributed by atoms with Gasteiger partial charge in [-0.3, -0.25) is 0 Å². The highest BCUT2D eigenvalue weighted by Gasteiger charge is 2.14. The summed E-state index contributed by atoms with van der Waals surface area (Å²) >= 11 is 0. The van der Waals surface area contributed by atoms with Gasteiger partial charge < -0.3 is 14.6 Å². The number of hydrogen-bond acceptors (Lipinski definition) is 3. The highest BCUT2D eigenvalue weighted by molar-refractivity contribution is 5.81. The van der Waals surface area contributed by atoms with Crippen molar-refractivity contribution < 1.29 is 5.11 Å².